The van der Waals surface area contributed by atoms with Gasteiger partial charge in [-0.1, -0.05) is 0 Å². The van der Waals surface area contributed by atoms with Crippen LogP contribution in [0.1, 0.15) is 56.7 Å². The Balaban J connectivity index is 1.53. The zero-order valence-electron chi connectivity index (χ0n) is 31.5. The number of halogens is 2. The minimum absolute atomic E-state index is 0.0933. The van der Waals surface area contributed by atoms with Crippen molar-refractivity contribution in [2.75, 3.05) is 0 Å². The molecule has 0 heterocycles. The fourth-order valence-electron chi connectivity index (χ4n) is 8.62. The average molecular weight is 818 g/mol. The van der Waals surface area contributed by atoms with E-state index in [1.807, 2.05) is 0 Å². The van der Waals surface area contributed by atoms with Gasteiger partial charge >= 0.3 is 310 Å². The monoisotopic (exact) mass is 815 g/mol. The van der Waals surface area contributed by atoms with Gasteiger partial charge in [-0.2, -0.15) is 0 Å². The van der Waals surface area contributed by atoms with Gasteiger partial charge in [-0.05, 0) is 0 Å². The third-order valence-corrected chi connectivity index (χ3v) is 68.0. The van der Waals surface area contributed by atoms with Crippen LogP contribution >= 0.6 is 17.0 Å². The summed E-state index contributed by atoms with van der Waals surface area (Å²) in [6, 6.07) is 32.6. The molecule has 0 fully saturated rings. The van der Waals surface area contributed by atoms with Crippen molar-refractivity contribution in [1.82, 2.24) is 0 Å². The van der Waals surface area contributed by atoms with E-state index in [1.54, 1.807) is 0 Å². The predicted molar refractivity (Wildman–Crippen MR) is 227 cm³/mol. The summed E-state index contributed by atoms with van der Waals surface area (Å²) in [5.74, 6) is -1.23. The second-order valence-corrected chi connectivity index (χ2v) is 70.0. The van der Waals surface area contributed by atoms with E-state index in [0.717, 1.165) is 6.42 Å². The van der Waals surface area contributed by atoms with E-state index in [9.17, 15) is 0 Å². The Kier molecular flexibility index (Phi) is 10.00. The van der Waals surface area contributed by atoms with Crippen LogP contribution in [0.4, 0.5) is 0 Å². The van der Waals surface area contributed by atoms with Crippen LogP contribution in [0.15, 0.2) is 96.1 Å². The summed E-state index contributed by atoms with van der Waals surface area (Å²) >= 11 is -4.83. The van der Waals surface area contributed by atoms with Gasteiger partial charge in [0.25, 0.3) is 0 Å². The first-order valence-corrected chi connectivity index (χ1v) is 41.6. The van der Waals surface area contributed by atoms with Gasteiger partial charge in [-0.3, -0.25) is 0 Å². The van der Waals surface area contributed by atoms with Gasteiger partial charge in [0.05, 0.1) is 0 Å². The molecule has 3 unspecified atom stereocenters. The molecule has 0 spiro atoms. The standard InChI is InChI=1S/C22H27Si.C19H21Si.C2H7Si.2ClH.Zr/c1-6-16(2)19-14-18-8-7-9-21(22(18)15-19)17-10-12-20(13-11-17)23(3,4)5;1-14-12-16-6-5-7-18(19(16)13-14)15-8-10-17(11-9-15)20(2,3)4;1-3-2;;;/h7-16H,6H2,1-5H3;5-13H,1-4H3;3H,1-2H3;2*1H;/q;;;;;+2/p-2. The van der Waals surface area contributed by atoms with E-state index in [4.69, 9.17) is 17.0 Å². The van der Waals surface area contributed by atoms with Gasteiger partial charge in [0.2, 0.25) is 0 Å². The molecule has 0 bridgehead atoms. The van der Waals surface area contributed by atoms with Gasteiger partial charge < -0.3 is 0 Å². The third-order valence-electron chi connectivity index (χ3n) is 11.9. The summed E-state index contributed by atoms with van der Waals surface area (Å²) in [6.07, 6.45) is 6.04. The fourth-order valence-corrected chi connectivity index (χ4v) is 43.0. The molecular formula is C43H55Cl2Si3Zr. The molecule has 257 valence electrons. The summed E-state index contributed by atoms with van der Waals surface area (Å²) in [7, 11) is 14.6. The number of benzene rings is 4. The van der Waals surface area contributed by atoms with Crippen LogP contribution in [0.2, 0.25) is 52.4 Å². The van der Waals surface area contributed by atoms with Crippen molar-refractivity contribution in [3.05, 3.63) is 118 Å². The van der Waals surface area contributed by atoms with Crippen molar-refractivity contribution in [2.45, 2.75) is 86.8 Å². The number of hydrogen-bond donors (Lipinski definition) is 0. The Morgan fingerprint density at radius 2 is 1.08 bits per heavy atom. The second kappa shape index (κ2) is 13.2. The molecule has 0 N–H and O–H groups in total. The number of allylic oxidation sites excluding steroid dienone is 2. The first kappa shape index (κ1) is 37.2. The van der Waals surface area contributed by atoms with Gasteiger partial charge in [0, 0.05) is 0 Å². The van der Waals surface area contributed by atoms with Crippen LogP contribution in [0.25, 0.3) is 34.4 Å². The maximum atomic E-state index is 8.69. The second-order valence-electron chi connectivity index (χ2n) is 17.4. The molecule has 6 heteroatoms. The van der Waals surface area contributed by atoms with Gasteiger partial charge in [-0.15, -0.1) is 0 Å². The van der Waals surface area contributed by atoms with E-state index in [2.05, 4.69) is 170 Å². The van der Waals surface area contributed by atoms with Crippen LogP contribution in [-0.2, 0) is 15.6 Å². The quantitative estimate of drug-likeness (QED) is 0.148. The minimum atomic E-state index is -4.83. The van der Waals surface area contributed by atoms with Crippen LogP contribution in [0.5, 0.6) is 0 Å². The summed E-state index contributed by atoms with van der Waals surface area (Å²) < 4.78 is 0.192. The summed E-state index contributed by atoms with van der Waals surface area (Å²) in [4.78, 5) is 0. The van der Waals surface area contributed by atoms with Gasteiger partial charge in [0.15, 0.2) is 0 Å². The topological polar surface area (TPSA) is 0 Å². The molecule has 0 saturated carbocycles. The van der Waals surface area contributed by atoms with Crippen molar-refractivity contribution < 1.29 is 15.6 Å². The Bertz CT molecular complexity index is 1960. The van der Waals surface area contributed by atoms with Crippen LogP contribution in [0, 0.1) is 5.92 Å². The third kappa shape index (κ3) is 6.33. The van der Waals surface area contributed by atoms with Crippen molar-refractivity contribution in [2.24, 2.45) is 5.92 Å². The molecule has 4 aromatic rings. The van der Waals surface area contributed by atoms with Crippen LogP contribution in [0.3, 0.4) is 0 Å². The van der Waals surface area contributed by atoms with E-state index < -0.39 is 37.6 Å². The molecule has 0 nitrogen and oxygen atoms in total. The SMILES string of the molecule is CCC(C)C1=Cc2c(-c3ccc([Si](C)(C)C)cc3)cccc2[CH]1[Zr]([Cl])([Cl])([CH]1C(C)=Cc2c(-c3ccc([Si](C)(C)C)cc3)cccc21)[SiH](C)C. The molecule has 4 aromatic carbocycles. The van der Waals surface area contributed by atoms with Crippen molar-refractivity contribution >= 4 is 61.6 Å². The summed E-state index contributed by atoms with van der Waals surface area (Å²) in [5.41, 5.74) is 13.4. The van der Waals surface area contributed by atoms with Crippen molar-refractivity contribution in [3.63, 3.8) is 0 Å². The molecular weight excluding hydrogens is 763 g/mol. The zero-order chi connectivity index (χ0) is 35.7. The molecule has 6 rings (SSSR count). The molecule has 0 saturated heterocycles. The number of fused-ring (bicyclic) bond motifs is 2. The molecule has 3 atom stereocenters. The molecule has 0 aromatic heterocycles. The van der Waals surface area contributed by atoms with E-state index in [0.29, 0.717) is 5.92 Å². The molecule has 0 aliphatic heterocycles. The Labute approximate surface area is 307 Å². The van der Waals surface area contributed by atoms with Gasteiger partial charge in [-0.25, -0.2) is 0 Å². The fraction of sp³-hybridized carbons (Fsp3) is 0.349. The predicted octanol–water partition coefficient (Wildman–Crippen LogP) is 12.7. The maximum absolute atomic E-state index is 8.69. The van der Waals surface area contributed by atoms with E-state index in [-0.39, 0.29) is 7.25 Å². The molecule has 2 aliphatic rings. The number of hydrogen-bond acceptors (Lipinski definition) is 0. The summed E-state index contributed by atoms with van der Waals surface area (Å²) in [6.45, 7) is 26.4. The molecule has 0 radical (unpaired) electrons. The molecule has 0 amide bonds. The molecule has 49 heavy (non-hydrogen) atoms. The van der Waals surface area contributed by atoms with Crippen LogP contribution in [-0.4, -0.2) is 22.1 Å². The normalized spacial score (nSPS) is 19.2. The van der Waals surface area contributed by atoms with E-state index in [1.165, 1.54) is 66.0 Å². The van der Waals surface area contributed by atoms with Crippen molar-refractivity contribution in [3.8, 4) is 22.3 Å². The summed E-state index contributed by atoms with van der Waals surface area (Å²) in [5, 5.41) is 2.98. The molecule has 2 aliphatic carbocycles. The van der Waals surface area contributed by atoms with E-state index >= 15 is 0 Å². The average Bonchev–Trinajstić information content (AvgIpc) is 3.62. The number of rotatable bonds is 9. The van der Waals surface area contributed by atoms with Crippen LogP contribution < -0.4 is 10.4 Å². The first-order chi connectivity index (χ1) is 22.9. The zero-order valence-corrected chi connectivity index (χ0v) is 38.6. The Morgan fingerprint density at radius 3 is 1.49 bits per heavy atom. The Hall–Kier alpha value is -1.53. The van der Waals surface area contributed by atoms with Gasteiger partial charge in [0.1, 0.15) is 0 Å². The Morgan fingerprint density at radius 1 is 0.653 bits per heavy atom. The first-order valence-electron chi connectivity index (χ1n) is 18.3. The van der Waals surface area contributed by atoms with Crippen molar-refractivity contribution in [1.29, 1.82) is 0 Å².